The van der Waals surface area contributed by atoms with E-state index in [0.717, 1.165) is 27.7 Å². The van der Waals surface area contributed by atoms with Crippen LogP contribution < -0.4 is 5.73 Å². The first-order chi connectivity index (χ1) is 9.83. The Morgan fingerprint density at radius 1 is 1.00 bits per heavy atom. The lowest BCUT2D eigenvalue weighted by molar-refractivity contribution is 1.11. The summed E-state index contributed by atoms with van der Waals surface area (Å²) in [5.74, 6) is 0.852. The molecule has 3 heterocycles. The Morgan fingerprint density at radius 2 is 1.85 bits per heavy atom. The van der Waals surface area contributed by atoms with Crippen LogP contribution in [0.2, 0.25) is 0 Å². The number of benzene rings is 1. The minimum atomic E-state index is 0.748. The lowest BCUT2D eigenvalue weighted by Crippen LogP contribution is -1.90. The molecule has 0 saturated carbocycles. The largest absolute Gasteiger partial charge is 0.399 e. The van der Waals surface area contributed by atoms with Crippen LogP contribution in [0.4, 0.5) is 5.69 Å². The summed E-state index contributed by atoms with van der Waals surface area (Å²) in [4.78, 5) is 2.12. The molecule has 0 spiro atoms. The number of thiophene rings is 1. The lowest BCUT2D eigenvalue weighted by Gasteiger charge is -2.01. The molecule has 0 unspecified atom stereocenters. The highest BCUT2D eigenvalue weighted by molar-refractivity contribution is 7.16. The first-order valence-electron chi connectivity index (χ1n) is 6.05. The van der Waals surface area contributed by atoms with Crippen molar-refractivity contribution in [1.29, 1.82) is 0 Å². The highest BCUT2D eigenvalue weighted by Gasteiger charge is 2.15. The zero-order chi connectivity index (χ0) is 13.5. The van der Waals surface area contributed by atoms with Crippen LogP contribution in [-0.4, -0.2) is 14.6 Å². The zero-order valence-corrected chi connectivity index (χ0v) is 12.0. The third kappa shape index (κ3) is 1.73. The summed E-state index contributed by atoms with van der Waals surface area (Å²) in [6.45, 7) is 0. The van der Waals surface area contributed by atoms with Gasteiger partial charge in [-0.2, -0.15) is 0 Å². The van der Waals surface area contributed by atoms with E-state index < -0.39 is 0 Å². The van der Waals surface area contributed by atoms with E-state index in [2.05, 4.69) is 37.5 Å². The number of nitrogen functional groups attached to an aromatic ring is 1. The SMILES string of the molecule is Nc1ccc(-c2nnc3scc(-c4cccs4)n23)cc1. The van der Waals surface area contributed by atoms with Gasteiger partial charge in [-0.15, -0.1) is 32.9 Å². The summed E-state index contributed by atoms with van der Waals surface area (Å²) < 4.78 is 2.10. The van der Waals surface area contributed by atoms with Crippen LogP contribution >= 0.6 is 22.7 Å². The molecule has 0 radical (unpaired) electrons. The Morgan fingerprint density at radius 3 is 2.60 bits per heavy atom. The van der Waals surface area contributed by atoms with Gasteiger partial charge < -0.3 is 5.73 Å². The summed E-state index contributed by atoms with van der Waals surface area (Å²) in [5.41, 5.74) is 8.64. The Balaban J connectivity index is 1.96. The van der Waals surface area contributed by atoms with Crippen LogP contribution in [-0.2, 0) is 0 Å². The second-order valence-electron chi connectivity index (χ2n) is 4.36. The third-order valence-electron chi connectivity index (χ3n) is 3.09. The van der Waals surface area contributed by atoms with Crippen molar-refractivity contribution in [2.75, 3.05) is 5.73 Å². The molecule has 4 nitrogen and oxygen atoms in total. The highest BCUT2D eigenvalue weighted by atomic mass is 32.1. The molecule has 2 N–H and O–H groups in total. The lowest BCUT2D eigenvalue weighted by atomic mass is 10.2. The monoisotopic (exact) mass is 298 g/mol. The molecule has 4 rings (SSSR count). The Hall–Kier alpha value is -2.18. The van der Waals surface area contributed by atoms with Gasteiger partial charge in [-0.25, -0.2) is 0 Å². The number of hydrogen-bond acceptors (Lipinski definition) is 5. The van der Waals surface area contributed by atoms with Crippen LogP contribution in [0, 0.1) is 0 Å². The van der Waals surface area contributed by atoms with Gasteiger partial charge in [0.25, 0.3) is 0 Å². The maximum absolute atomic E-state index is 5.74. The Labute approximate surface area is 123 Å². The van der Waals surface area contributed by atoms with Crippen molar-refractivity contribution < 1.29 is 0 Å². The number of nitrogens with zero attached hydrogens (tertiary/aromatic N) is 3. The van der Waals surface area contributed by atoms with E-state index >= 15 is 0 Å². The maximum atomic E-state index is 5.74. The number of nitrogens with two attached hydrogens (primary N) is 1. The van der Waals surface area contributed by atoms with E-state index in [1.54, 1.807) is 22.7 Å². The summed E-state index contributed by atoms with van der Waals surface area (Å²) in [6, 6.07) is 11.9. The van der Waals surface area contributed by atoms with Gasteiger partial charge in [0.1, 0.15) is 0 Å². The van der Waals surface area contributed by atoms with Crippen molar-refractivity contribution in [3.8, 4) is 22.0 Å². The first kappa shape index (κ1) is 11.6. The fourth-order valence-electron chi connectivity index (χ4n) is 2.14. The number of anilines is 1. The number of hydrogen-bond donors (Lipinski definition) is 1. The fraction of sp³-hybridized carbons (Fsp3) is 0. The predicted octanol–water partition coefficient (Wildman–Crippen LogP) is 3.77. The highest BCUT2D eigenvalue weighted by Crippen LogP contribution is 2.32. The minimum Gasteiger partial charge on any atom is -0.399 e. The fourth-order valence-corrected chi connectivity index (χ4v) is 3.77. The molecule has 6 heteroatoms. The zero-order valence-electron chi connectivity index (χ0n) is 10.4. The van der Waals surface area contributed by atoms with Gasteiger partial charge in [-0.1, -0.05) is 6.07 Å². The minimum absolute atomic E-state index is 0.748. The molecule has 0 aliphatic rings. The van der Waals surface area contributed by atoms with Gasteiger partial charge in [-0.3, -0.25) is 4.40 Å². The van der Waals surface area contributed by atoms with Gasteiger partial charge >= 0.3 is 0 Å². The molecule has 3 aromatic heterocycles. The number of aromatic nitrogens is 3. The van der Waals surface area contributed by atoms with Crippen molar-refractivity contribution in [2.45, 2.75) is 0 Å². The molecule has 0 fully saturated rings. The van der Waals surface area contributed by atoms with Crippen LogP contribution in [0.3, 0.4) is 0 Å². The standard InChI is InChI=1S/C14H10N4S2/c15-10-5-3-9(4-6-10)13-16-17-14-18(13)11(8-20-14)12-2-1-7-19-12/h1-8H,15H2. The van der Waals surface area contributed by atoms with Crippen molar-refractivity contribution in [3.05, 3.63) is 47.2 Å². The summed E-state index contributed by atoms with van der Waals surface area (Å²) in [7, 11) is 0. The molecule has 0 amide bonds. The number of rotatable bonds is 2. The molecule has 0 atom stereocenters. The van der Waals surface area contributed by atoms with Crippen molar-refractivity contribution >= 4 is 33.3 Å². The molecule has 0 bridgehead atoms. The summed E-state index contributed by atoms with van der Waals surface area (Å²) >= 11 is 3.32. The average molecular weight is 298 g/mol. The van der Waals surface area contributed by atoms with E-state index in [1.165, 1.54) is 4.88 Å². The van der Waals surface area contributed by atoms with E-state index in [1.807, 2.05) is 24.3 Å². The number of thiazole rings is 1. The molecular formula is C14H10N4S2. The van der Waals surface area contributed by atoms with Gasteiger partial charge in [-0.05, 0) is 35.7 Å². The number of fused-ring (bicyclic) bond motifs is 1. The molecule has 0 saturated heterocycles. The maximum Gasteiger partial charge on any atom is 0.217 e. The molecule has 4 aromatic rings. The van der Waals surface area contributed by atoms with E-state index in [-0.39, 0.29) is 0 Å². The van der Waals surface area contributed by atoms with Gasteiger partial charge in [0.2, 0.25) is 4.96 Å². The predicted molar refractivity (Wildman–Crippen MR) is 84.0 cm³/mol. The normalized spacial score (nSPS) is 11.2. The van der Waals surface area contributed by atoms with Crippen molar-refractivity contribution in [1.82, 2.24) is 14.6 Å². The van der Waals surface area contributed by atoms with Gasteiger partial charge in [0, 0.05) is 16.6 Å². The molecule has 98 valence electrons. The van der Waals surface area contributed by atoms with E-state index in [4.69, 9.17) is 5.73 Å². The van der Waals surface area contributed by atoms with Crippen molar-refractivity contribution in [3.63, 3.8) is 0 Å². The quantitative estimate of drug-likeness (QED) is 0.573. The Kier molecular flexibility index (Phi) is 2.58. The van der Waals surface area contributed by atoms with Crippen LogP contribution in [0.1, 0.15) is 0 Å². The first-order valence-corrected chi connectivity index (χ1v) is 7.81. The van der Waals surface area contributed by atoms with Crippen LogP contribution in [0.15, 0.2) is 47.2 Å². The van der Waals surface area contributed by atoms with E-state index in [9.17, 15) is 0 Å². The third-order valence-corrected chi connectivity index (χ3v) is 4.80. The summed E-state index contributed by atoms with van der Waals surface area (Å²) in [5, 5.41) is 12.8. The summed E-state index contributed by atoms with van der Waals surface area (Å²) in [6.07, 6.45) is 0. The van der Waals surface area contributed by atoms with Gasteiger partial charge in [0.15, 0.2) is 5.82 Å². The second-order valence-corrected chi connectivity index (χ2v) is 6.15. The molecule has 0 aliphatic heterocycles. The second kappa shape index (κ2) is 4.43. The molecule has 0 aliphatic carbocycles. The van der Waals surface area contributed by atoms with Crippen LogP contribution in [0.25, 0.3) is 26.9 Å². The van der Waals surface area contributed by atoms with Crippen LogP contribution in [0.5, 0.6) is 0 Å². The average Bonchev–Trinajstić information content (AvgIpc) is 3.16. The Bertz CT molecular complexity index is 857. The topological polar surface area (TPSA) is 56.2 Å². The van der Waals surface area contributed by atoms with Crippen molar-refractivity contribution in [2.24, 2.45) is 0 Å². The molecule has 20 heavy (non-hydrogen) atoms. The molecular weight excluding hydrogens is 288 g/mol. The molecule has 1 aromatic carbocycles. The van der Waals surface area contributed by atoms with Gasteiger partial charge in [0.05, 0.1) is 10.6 Å². The van der Waals surface area contributed by atoms with E-state index in [0.29, 0.717) is 0 Å². The smallest absolute Gasteiger partial charge is 0.217 e.